The van der Waals surface area contributed by atoms with Crippen molar-refractivity contribution < 1.29 is 9.59 Å². The second-order valence-electron chi connectivity index (χ2n) is 6.82. The van der Waals surface area contributed by atoms with Gasteiger partial charge in [-0.1, -0.05) is 24.4 Å². The summed E-state index contributed by atoms with van der Waals surface area (Å²) in [5, 5.41) is 3.89. The molecule has 0 saturated heterocycles. The van der Waals surface area contributed by atoms with Crippen molar-refractivity contribution in [3.63, 3.8) is 0 Å². The first-order valence-corrected chi connectivity index (χ1v) is 9.02. The minimum Gasteiger partial charge on any atom is -0.381 e. The number of rotatable bonds is 5. The molecular formula is C19H22ClN3O2. The number of benzene rings is 1. The van der Waals surface area contributed by atoms with E-state index in [0.29, 0.717) is 29.6 Å². The van der Waals surface area contributed by atoms with Crippen LogP contribution in [0.15, 0.2) is 18.2 Å². The zero-order chi connectivity index (χ0) is 18.0. The predicted octanol–water partition coefficient (Wildman–Crippen LogP) is 3.07. The van der Waals surface area contributed by atoms with E-state index in [0.717, 1.165) is 31.4 Å². The second kappa shape index (κ2) is 6.97. The lowest BCUT2D eigenvalue weighted by molar-refractivity contribution is -0.126. The average Bonchev–Trinajstić information content (AvgIpc) is 3.03. The van der Waals surface area contributed by atoms with E-state index in [4.69, 9.17) is 23.8 Å². The number of carbonyl (C=O) groups excluding carboxylic acids is 2. The van der Waals surface area contributed by atoms with Gasteiger partial charge < -0.3 is 11.1 Å². The lowest BCUT2D eigenvalue weighted by Gasteiger charge is -2.38. The molecule has 2 saturated carbocycles. The van der Waals surface area contributed by atoms with E-state index in [-0.39, 0.29) is 0 Å². The third-order valence-corrected chi connectivity index (χ3v) is 5.63. The zero-order valence-corrected chi connectivity index (χ0v) is 14.8. The van der Waals surface area contributed by atoms with Crippen molar-refractivity contribution >= 4 is 34.8 Å². The molecule has 0 bridgehead atoms. The summed E-state index contributed by atoms with van der Waals surface area (Å²) in [5.41, 5.74) is 5.93. The minimum atomic E-state index is -1.07. The summed E-state index contributed by atoms with van der Waals surface area (Å²) in [6.45, 7) is 0. The molecule has 0 atom stereocenters. The van der Waals surface area contributed by atoms with Crippen molar-refractivity contribution in [1.82, 2.24) is 0 Å². The average molecular weight is 360 g/mol. The first-order chi connectivity index (χ1) is 12.0. The van der Waals surface area contributed by atoms with Gasteiger partial charge in [-0.05, 0) is 56.2 Å². The molecule has 1 aromatic rings. The molecule has 3 N–H and O–H groups in total. The standard InChI is InChI=1S/C19H22ClN3O2/c1-2-17(24)23(19(18(21)25)10-3-4-11-19)14-8-9-16(15(20)12-14)22-13-6-5-7-13/h1,8-9,12-13,22H,3-7,10-11H2,(H2,21,25). The number of primary amides is 1. The molecular weight excluding hydrogens is 338 g/mol. The van der Waals surface area contributed by atoms with Crippen molar-refractivity contribution in [1.29, 1.82) is 0 Å². The van der Waals surface area contributed by atoms with Gasteiger partial charge in [-0.15, -0.1) is 6.42 Å². The number of carbonyl (C=O) groups is 2. The Hall–Kier alpha value is -2.19. The number of hydrogen-bond acceptors (Lipinski definition) is 3. The van der Waals surface area contributed by atoms with Crippen molar-refractivity contribution in [2.45, 2.75) is 56.5 Å². The van der Waals surface area contributed by atoms with Crippen LogP contribution in [0.5, 0.6) is 0 Å². The Morgan fingerprint density at radius 3 is 2.44 bits per heavy atom. The Kier molecular flexibility index (Phi) is 4.91. The highest BCUT2D eigenvalue weighted by molar-refractivity contribution is 6.33. The fourth-order valence-electron chi connectivity index (χ4n) is 3.70. The summed E-state index contributed by atoms with van der Waals surface area (Å²) >= 11 is 6.41. The summed E-state index contributed by atoms with van der Waals surface area (Å²) in [5.74, 6) is 1.03. The molecule has 2 amide bonds. The highest BCUT2D eigenvalue weighted by Gasteiger charge is 2.47. The van der Waals surface area contributed by atoms with Crippen LogP contribution in [-0.4, -0.2) is 23.4 Å². The lowest BCUT2D eigenvalue weighted by atomic mass is 9.92. The number of amides is 2. The highest BCUT2D eigenvalue weighted by atomic mass is 35.5. The molecule has 25 heavy (non-hydrogen) atoms. The Bertz CT molecular complexity index is 731. The van der Waals surface area contributed by atoms with Crippen LogP contribution in [0.3, 0.4) is 0 Å². The van der Waals surface area contributed by atoms with Gasteiger partial charge >= 0.3 is 5.91 Å². The molecule has 0 aliphatic heterocycles. The van der Waals surface area contributed by atoms with Crippen molar-refractivity contribution in [2.75, 3.05) is 10.2 Å². The highest BCUT2D eigenvalue weighted by Crippen LogP contribution is 2.40. The van der Waals surface area contributed by atoms with Gasteiger partial charge in [0.15, 0.2) is 0 Å². The third kappa shape index (κ3) is 3.19. The van der Waals surface area contributed by atoms with E-state index in [1.807, 2.05) is 6.07 Å². The number of nitrogens with two attached hydrogens (primary N) is 1. The SMILES string of the molecule is C#CC(=O)N(c1ccc(NC2CCC2)c(Cl)c1)C1(C(N)=O)CCCC1. The van der Waals surface area contributed by atoms with Crippen LogP contribution in [-0.2, 0) is 9.59 Å². The number of terminal acetylenes is 1. The van der Waals surface area contributed by atoms with Gasteiger partial charge in [0.1, 0.15) is 5.54 Å². The maximum absolute atomic E-state index is 12.5. The normalized spacial score (nSPS) is 18.9. The molecule has 0 unspecified atom stereocenters. The topological polar surface area (TPSA) is 75.4 Å². The van der Waals surface area contributed by atoms with Gasteiger partial charge in [-0.3, -0.25) is 14.5 Å². The summed E-state index contributed by atoms with van der Waals surface area (Å²) in [4.78, 5) is 26.0. The van der Waals surface area contributed by atoms with Gasteiger partial charge in [0.05, 0.1) is 10.7 Å². The number of halogens is 1. The first-order valence-electron chi connectivity index (χ1n) is 8.65. The van der Waals surface area contributed by atoms with E-state index in [9.17, 15) is 9.59 Å². The zero-order valence-electron chi connectivity index (χ0n) is 14.1. The number of nitrogens with one attached hydrogen (secondary N) is 1. The van der Waals surface area contributed by atoms with Crippen LogP contribution >= 0.6 is 11.6 Å². The van der Waals surface area contributed by atoms with E-state index >= 15 is 0 Å². The minimum absolute atomic E-state index is 0.443. The Morgan fingerprint density at radius 1 is 1.28 bits per heavy atom. The van der Waals surface area contributed by atoms with Gasteiger partial charge in [-0.2, -0.15) is 0 Å². The van der Waals surface area contributed by atoms with Crippen molar-refractivity contribution in [3.05, 3.63) is 23.2 Å². The van der Waals surface area contributed by atoms with Gasteiger partial charge in [0.25, 0.3) is 0 Å². The van der Waals surface area contributed by atoms with Crippen LogP contribution in [0.2, 0.25) is 5.02 Å². The smallest absolute Gasteiger partial charge is 0.303 e. The molecule has 132 valence electrons. The molecule has 5 nitrogen and oxygen atoms in total. The van der Waals surface area contributed by atoms with Gasteiger partial charge in [0.2, 0.25) is 5.91 Å². The quantitative estimate of drug-likeness (QED) is 0.793. The van der Waals surface area contributed by atoms with E-state index in [1.165, 1.54) is 11.3 Å². The Labute approximate surface area is 152 Å². The molecule has 3 rings (SSSR count). The van der Waals surface area contributed by atoms with Crippen LogP contribution in [0.1, 0.15) is 44.9 Å². The third-order valence-electron chi connectivity index (χ3n) is 5.32. The molecule has 0 spiro atoms. The number of anilines is 2. The van der Waals surface area contributed by atoms with E-state index in [2.05, 4.69) is 11.2 Å². The fourth-order valence-corrected chi connectivity index (χ4v) is 3.93. The second-order valence-corrected chi connectivity index (χ2v) is 7.23. The number of hydrogen-bond donors (Lipinski definition) is 2. The predicted molar refractivity (Wildman–Crippen MR) is 99.4 cm³/mol. The van der Waals surface area contributed by atoms with Crippen LogP contribution in [0.25, 0.3) is 0 Å². The first kappa shape index (κ1) is 17.6. The molecule has 2 aliphatic rings. The van der Waals surface area contributed by atoms with Gasteiger partial charge in [0, 0.05) is 11.7 Å². The molecule has 1 aromatic carbocycles. The fraction of sp³-hybridized carbons (Fsp3) is 0.474. The van der Waals surface area contributed by atoms with Crippen LogP contribution < -0.4 is 16.0 Å². The molecule has 6 heteroatoms. The summed E-state index contributed by atoms with van der Waals surface area (Å²) in [6, 6.07) is 5.72. The Morgan fingerprint density at radius 2 is 1.96 bits per heavy atom. The van der Waals surface area contributed by atoms with Crippen LogP contribution in [0, 0.1) is 12.3 Å². The maximum Gasteiger partial charge on any atom is 0.303 e. The number of nitrogens with zero attached hydrogens (tertiary/aromatic N) is 1. The molecule has 0 heterocycles. The Balaban J connectivity index is 1.96. The molecule has 0 radical (unpaired) electrons. The van der Waals surface area contributed by atoms with Crippen molar-refractivity contribution in [2.24, 2.45) is 5.73 Å². The maximum atomic E-state index is 12.5. The summed E-state index contributed by atoms with van der Waals surface area (Å²) in [6.07, 6.45) is 11.5. The van der Waals surface area contributed by atoms with E-state index < -0.39 is 17.4 Å². The molecule has 0 aromatic heterocycles. The largest absolute Gasteiger partial charge is 0.381 e. The lowest BCUT2D eigenvalue weighted by Crippen LogP contribution is -2.58. The van der Waals surface area contributed by atoms with Crippen molar-refractivity contribution in [3.8, 4) is 12.3 Å². The molecule has 2 fully saturated rings. The van der Waals surface area contributed by atoms with E-state index in [1.54, 1.807) is 12.1 Å². The summed E-state index contributed by atoms with van der Waals surface area (Å²) < 4.78 is 0. The van der Waals surface area contributed by atoms with Crippen LogP contribution in [0.4, 0.5) is 11.4 Å². The van der Waals surface area contributed by atoms with Gasteiger partial charge in [-0.25, -0.2) is 0 Å². The molecule has 2 aliphatic carbocycles. The monoisotopic (exact) mass is 359 g/mol. The summed E-state index contributed by atoms with van der Waals surface area (Å²) in [7, 11) is 0.